The van der Waals surface area contributed by atoms with Gasteiger partial charge in [-0.15, -0.1) is 10.2 Å². The van der Waals surface area contributed by atoms with Gasteiger partial charge in [-0.25, -0.2) is 4.39 Å². The number of rotatable bonds is 10. The van der Waals surface area contributed by atoms with Crippen molar-refractivity contribution >= 4 is 56.5 Å². The third-order valence-electron chi connectivity index (χ3n) is 7.51. The van der Waals surface area contributed by atoms with Crippen LogP contribution in [0.25, 0.3) is 16.5 Å². The Hall–Kier alpha value is -4.94. The largest absolute Gasteiger partial charge is 0.507 e. The number of hydrogen-bond acceptors (Lipinski definition) is 10. The Morgan fingerprint density at radius 3 is 2.48 bits per heavy atom. The van der Waals surface area contributed by atoms with E-state index in [1.54, 1.807) is 18.2 Å². The number of aromatic nitrogens is 2. The molecule has 1 fully saturated rings. The number of halogens is 1. The summed E-state index contributed by atoms with van der Waals surface area (Å²) in [5.74, 6) is -1.74. The fourth-order valence-electron chi connectivity index (χ4n) is 5.36. The van der Waals surface area contributed by atoms with Crippen molar-refractivity contribution in [2.45, 2.75) is 23.1 Å². The average Bonchev–Trinajstić information content (AvgIpc) is 3.65. The summed E-state index contributed by atoms with van der Waals surface area (Å²) in [6, 6.07) is 21.9. The number of thioether (sulfide) groups is 1. The molecule has 1 aromatic heterocycles. The SMILES string of the molecule is CCOc1ccc(C2/C(=C(/O)c3ccc(OC)c(F)c3)C(=O)C(=O)N2c2nnc(SCc3cccc4ccccc34)s2)cc1OC. The number of anilines is 1. The van der Waals surface area contributed by atoms with E-state index in [2.05, 4.69) is 34.5 Å². The lowest BCUT2D eigenvalue weighted by Crippen LogP contribution is -2.29. The lowest BCUT2D eigenvalue weighted by atomic mass is 9.95. The first-order chi connectivity index (χ1) is 22.3. The number of Topliss-reactive ketones (excluding diaryl/α,β-unsaturated/α-hetero) is 1. The molecule has 1 unspecified atom stereocenters. The molecule has 0 saturated carbocycles. The van der Waals surface area contributed by atoms with Gasteiger partial charge in [-0.2, -0.15) is 0 Å². The van der Waals surface area contributed by atoms with E-state index in [-0.39, 0.29) is 22.0 Å². The first-order valence-electron chi connectivity index (χ1n) is 14.2. The molecule has 5 aromatic rings. The Balaban J connectivity index is 1.41. The van der Waals surface area contributed by atoms with E-state index < -0.39 is 29.3 Å². The van der Waals surface area contributed by atoms with Crippen LogP contribution in [0, 0.1) is 5.82 Å². The van der Waals surface area contributed by atoms with Crippen molar-refractivity contribution in [3.8, 4) is 17.2 Å². The number of aliphatic hydroxyl groups excluding tert-OH is 1. The minimum Gasteiger partial charge on any atom is -0.507 e. The number of hydrogen-bond donors (Lipinski definition) is 1. The second-order valence-corrected chi connectivity index (χ2v) is 12.3. The van der Waals surface area contributed by atoms with Gasteiger partial charge >= 0.3 is 5.91 Å². The number of amides is 1. The molecule has 0 bridgehead atoms. The van der Waals surface area contributed by atoms with Gasteiger partial charge in [0.05, 0.1) is 32.4 Å². The normalized spacial score (nSPS) is 15.8. The van der Waals surface area contributed by atoms with E-state index >= 15 is 0 Å². The predicted octanol–water partition coefficient (Wildman–Crippen LogP) is 7.16. The molecular weight excluding hydrogens is 630 g/mol. The number of carbonyl (C=O) groups excluding carboxylic acids is 2. The van der Waals surface area contributed by atoms with Crippen molar-refractivity contribution in [3.05, 3.63) is 107 Å². The molecule has 12 heteroatoms. The van der Waals surface area contributed by atoms with Crippen LogP contribution in [0.1, 0.15) is 29.7 Å². The van der Waals surface area contributed by atoms with Gasteiger partial charge in [0.15, 0.2) is 27.4 Å². The number of methoxy groups -OCH3 is 2. The molecule has 6 rings (SSSR count). The van der Waals surface area contributed by atoms with Gasteiger partial charge in [-0.3, -0.25) is 14.5 Å². The number of fused-ring (bicyclic) bond motifs is 1. The number of nitrogens with zero attached hydrogens (tertiary/aromatic N) is 3. The van der Waals surface area contributed by atoms with E-state index in [4.69, 9.17) is 14.2 Å². The second-order valence-electron chi connectivity index (χ2n) is 10.1. The van der Waals surface area contributed by atoms with Crippen LogP contribution in [0.2, 0.25) is 0 Å². The number of carbonyl (C=O) groups is 2. The van der Waals surface area contributed by atoms with Crippen LogP contribution in [-0.4, -0.2) is 47.8 Å². The smallest absolute Gasteiger partial charge is 0.301 e. The van der Waals surface area contributed by atoms with Gasteiger partial charge in [0.2, 0.25) is 5.13 Å². The molecule has 9 nitrogen and oxygen atoms in total. The number of benzene rings is 4. The average molecular weight is 658 g/mol. The van der Waals surface area contributed by atoms with Crippen LogP contribution in [-0.2, 0) is 15.3 Å². The minimum absolute atomic E-state index is 0.00259. The van der Waals surface area contributed by atoms with Crippen molar-refractivity contribution in [2.75, 3.05) is 25.7 Å². The highest BCUT2D eigenvalue weighted by atomic mass is 32.2. The first-order valence-corrected chi connectivity index (χ1v) is 16.0. The molecule has 1 aliphatic rings. The lowest BCUT2D eigenvalue weighted by molar-refractivity contribution is -0.132. The minimum atomic E-state index is -1.13. The third-order valence-corrected chi connectivity index (χ3v) is 9.61. The molecule has 1 aliphatic heterocycles. The van der Waals surface area contributed by atoms with Crippen LogP contribution in [0.15, 0.2) is 88.8 Å². The van der Waals surface area contributed by atoms with Crippen LogP contribution in [0.5, 0.6) is 17.2 Å². The van der Waals surface area contributed by atoms with Crippen LogP contribution >= 0.6 is 23.1 Å². The summed E-state index contributed by atoms with van der Waals surface area (Å²) in [5.41, 5.74) is 1.33. The fraction of sp³-hybridized carbons (Fsp3) is 0.176. The van der Waals surface area contributed by atoms with Gasteiger partial charge < -0.3 is 19.3 Å². The summed E-state index contributed by atoms with van der Waals surface area (Å²) in [7, 11) is 2.79. The molecule has 1 amide bonds. The molecule has 0 spiro atoms. The van der Waals surface area contributed by atoms with Crippen molar-refractivity contribution in [1.29, 1.82) is 0 Å². The van der Waals surface area contributed by atoms with E-state index in [0.717, 1.165) is 33.7 Å². The number of aliphatic hydroxyl groups is 1. The Morgan fingerprint density at radius 1 is 0.957 bits per heavy atom. The number of ether oxygens (including phenoxy) is 3. The summed E-state index contributed by atoms with van der Waals surface area (Å²) in [6.45, 7) is 2.22. The van der Waals surface area contributed by atoms with Gasteiger partial charge in [0.25, 0.3) is 5.78 Å². The summed E-state index contributed by atoms with van der Waals surface area (Å²) in [5, 5.41) is 22.5. The van der Waals surface area contributed by atoms with Gasteiger partial charge in [-0.05, 0) is 59.2 Å². The summed E-state index contributed by atoms with van der Waals surface area (Å²) in [6.07, 6.45) is 0. The molecule has 234 valence electrons. The van der Waals surface area contributed by atoms with Crippen molar-refractivity contribution in [1.82, 2.24) is 10.2 Å². The molecule has 1 saturated heterocycles. The van der Waals surface area contributed by atoms with Gasteiger partial charge in [0, 0.05) is 11.3 Å². The molecule has 46 heavy (non-hydrogen) atoms. The van der Waals surface area contributed by atoms with E-state index in [9.17, 15) is 19.1 Å². The van der Waals surface area contributed by atoms with E-state index in [0.29, 0.717) is 33.8 Å². The monoisotopic (exact) mass is 657 g/mol. The quantitative estimate of drug-likeness (QED) is 0.0550. The standard InChI is InChI=1S/C34H28FN3O6S2/c1-4-44-26-15-12-20(17-27(26)43-3)29-28(30(39)21-13-14-25(42-2)24(35)16-21)31(40)32(41)38(29)33-36-37-34(46-33)45-18-22-10-7-9-19-8-5-6-11-23(19)22/h5-17,29,39H,4,18H2,1-3H3/b30-28-. The Labute approximate surface area is 272 Å². The Kier molecular flexibility index (Phi) is 8.91. The zero-order chi connectivity index (χ0) is 32.4. The lowest BCUT2D eigenvalue weighted by Gasteiger charge is -2.23. The topological polar surface area (TPSA) is 111 Å². The first kappa shape index (κ1) is 31.1. The van der Waals surface area contributed by atoms with Gasteiger partial charge in [0.1, 0.15) is 5.76 Å². The zero-order valence-electron chi connectivity index (χ0n) is 25.0. The molecule has 2 heterocycles. The number of ketones is 1. The highest BCUT2D eigenvalue weighted by Crippen LogP contribution is 2.46. The van der Waals surface area contributed by atoms with Gasteiger partial charge in [-0.1, -0.05) is 71.6 Å². The fourth-order valence-corrected chi connectivity index (χ4v) is 7.23. The highest BCUT2D eigenvalue weighted by molar-refractivity contribution is 8.00. The summed E-state index contributed by atoms with van der Waals surface area (Å²) in [4.78, 5) is 28.5. The molecule has 0 aliphatic carbocycles. The van der Waals surface area contributed by atoms with Crippen molar-refractivity contribution in [3.63, 3.8) is 0 Å². The molecular formula is C34H28FN3O6S2. The maximum atomic E-state index is 14.7. The Bertz CT molecular complexity index is 1990. The predicted molar refractivity (Wildman–Crippen MR) is 175 cm³/mol. The summed E-state index contributed by atoms with van der Waals surface area (Å²) >= 11 is 2.61. The maximum absolute atomic E-state index is 14.7. The second kappa shape index (κ2) is 13.2. The van der Waals surface area contributed by atoms with Crippen LogP contribution in [0.4, 0.5) is 9.52 Å². The van der Waals surface area contributed by atoms with E-state index in [1.807, 2.05) is 25.1 Å². The maximum Gasteiger partial charge on any atom is 0.301 e. The molecule has 1 N–H and O–H groups in total. The van der Waals surface area contributed by atoms with Crippen molar-refractivity contribution < 1.29 is 33.3 Å². The zero-order valence-corrected chi connectivity index (χ0v) is 26.7. The molecule has 0 radical (unpaired) electrons. The summed E-state index contributed by atoms with van der Waals surface area (Å²) < 4.78 is 31.4. The van der Waals surface area contributed by atoms with E-state index in [1.165, 1.54) is 43.0 Å². The van der Waals surface area contributed by atoms with Crippen LogP contribution in [0.3, 0.4) is 0 Å². The highest BCUT2D eigenvalue weighted by Gasteiger charge is 2.48. The molecule has 1 atom stereocenters. The Morgan fingerprint density at radius 2 is 1.72 bits per heavy atom. The van der Waals surface area contributed by atoms with Crippen LogP contribution < -0.4 is 19.1 Å². The molecule has 4 aromatic carbocycles. The third kappa shape index (κ3) is 5.77. The van der Waals surface area contributed by atoms with Crippen molar-refractivity contribution in [2.24, 2.45) is 0 Å².